The molecule has 0 radical (unpaired) electrons. The molecule has 0 saturated heterocycles. The highest BCUT2D eigenvalue weighted by molar-refractivity contribution is 5.94. The number of carbonyl (C=O) groups is 4. The number of carboxylic acids is 1. The standard InChI is InChI=1S/C22H39N7O6/c1-12(2)8-16(20(32)28-17(22(34)35)9-14-10-25-11-26-14)27-21(33)18(13(3)30)29-19(31)15(24)6-4-5-7-23/h10-13,15-18,30H,4-9,23-24H2,1-3H3,(H,25,26)(H,27,33)(H,28,32)(H,29,31)(H,34,35). The number of unbranched alkanes of at least 4 members (excludes halogenated alkanes) is 1. The smallest absolute Gasteiger partial charge is 0.326 e. The molecule has 0 saturated carbocycles. The van der Waals surface area contributed by atoms with E-state index in [1.54, 1.807) is 0 Å². The normalized spacial score (nSPS) is 15.5. The van der Waals surface area contributed by atoms with E-state index in [0.717, 1.165) is 0 Å². The van der Waals surface area contributed by atoms with E-state index in [2.05, 4.69) is 25.9 Å². The number of carbonyl (C=O) groups excluding carboxylic acids is 3. The van der Waals surface area contributed by atoms with Crippen LogP contribution in [0.4, 0.5) is 0 Å². The van der Waals surface area contributed by atoms with Crippen LogP contribution < -0.4 is 27.4 Å². The van der Waals surface area contributed by atoms with Crippen LogP contribution in [-0.4, -0.2) is 80.7 Å². The van der Waals surface area contributed by atoms with Crippen molar-refractivity contribution in [2.75, 3.05) is 6.54 Å². The van der Waals surface area contributed by atoms with Gasteiger partial charge in [0.1, 0.15) is 18.1 Å². The highest BCUT2D eigenvalue weighted by Crippen LogP contribution is 2.08. The largest absolute Gasteiger partial charge is 0.480 e. The predicted octanol–water partition coefficient (Wildman–Crippen LogP) is -1.63. The zero-order chi connectivity index (χ0) is 26.5. The lowest BCUT2D eigenvalue weighted by atomic mass is 10.0. The van der Waals surface area contributed by atoms with Crippen LogP contribution in [0.15, 0.2) is 12.5 Å². The molecule has 13 heteroatoms. The van der Waals surface area contributed by atoms with Crippen molar-refractivity contribution in [2.24, 2.45) is 17.4 Å². The van der Waals surface area contributed by atoms with E-state index < -0.39 is 54.0 Å². The number of nitrogens with two attached hydrogens (primary N) is 2. The van der Waals surface area contributed by atoms with Crippen molar-refractivity contribution >= 4 is 23.7 Å². The SMILES string of the molecule is CC(C)CC(NC(=O)C(NC(=O)C(N)CCCCN)C(C)O)C(=O)NC(Cc1cnc[nH]1)C(=O)O. The van der Waals surface area contributed by atoms with E-state index in [4.69, 9.17) is 11.5 Å². The summed E-state index contributed by atoms with van der Waals surface area (Å²) in [7, 11) is 0. The number of aromatic amines is 1. The minimum absolute atomic E-state index is 0.0299. The van der Waals surface area contributed by atoms with Crippen molar-refractivity contribution in [1.82, 2.24) is 25.9 Å². The molecule has 1 heterocycles. The molecule has 0 spiro atoms. The summed E-state index contributed by atoms with van der Waals surface area (Å²) in [6.07, 6.45) is 3.44. The maximum atomic E-state index is 12.9. The minimum atomic E-state index is -1.36. The number of hydrogen-bond acceptors (Lipinski definition) is 8. The van der Waals surface area contributed by atoms with Gasteiger partial charge in [0, 0.05) is 18.3 Å². The molecule has 0 fully saturated rings. The second kappa shape index (κ2) is 15.1. The number of aliphatic hydroxyl groups is 1. The van der Waals surface area contributed by atoms with Gasteiger partial charge in [0.05, 0.1) is 18.5 Å². The molecule has 0 aliphatic carbocycles. The number of carboxylic acid groups (broad SMARTS) is 1. The molecule has 1 aromatic heterocycles. The lowest BCUT2D eigenvalue weighted by Gasteiger charge is -2.27. The molecular formula is C22H39N7O6. The van der Waals surface area contributed by atoms with Crippen molar-refractivity contribution in [2.45, 2.75) is 83.1 Å². The van der Waals surface area contributed by atoms with Gasteiger partial charge in [0.15, 0.2) is 0 Å². The van der Waals surface area contributed by atoms with Gasteiger partial charge < -0.3 is 42.6 Å². The molecule has 5 atom stereocenters. The topological polar surface area (TPSA) is 226 Å². The molecule has 1 rings (SSSR count). The summed E-state index contributed by atoms with van der Waals surface area (Å²) in [5.41, 5.74) is 11.8. The van der Waals surface area contributed by atoms with E-state index in [1.807, 2.05) is 13.8 Å². The van der Waals surface area contributed by atoms with Gasteiger partial charge in [-0.1, -0.05) is 20.3 Å². The Balaban J connectivity index is 2.89. The summed E-state index contributed by atoms with van der Waals surface area (Å²) in [5.74, 6) is -3.38. The number of amides is 3. The summed E-state index contributed by atoms with van der Waals surface area (Å²) in [6, 6.07) is -4.59. The average molecular weight is 498 g/mol. The van der Waals surface area contributed by atoms with Crippen LogP contribution in [0.2, 0.25) is 0 Å². The number of hydrogen-bond donors (Lipinski definition) is 8. The molecule has 0 aliphatic heterocycles. The van der Waals surface area contributed by atoms with Gasteiger partial charge in [-0.05, 0) is 38.6 Å². The fourth-order valence-corrected chi connectivity index (χ4v) is 3.36. The minimum Gasteiger partial charge on any atom is -0.480 e. The number of nitrogens with zero attached hydrogens (tertiary/aromatic N) is 1. The number of aliphatic carboxylic acids is 1. The lowest BCUT2D eigenvalue weighted by Crippen LogP contribution is -2.60. The summed E-state index contributed by atoms with van der Waals surface area (Å²) in [5, 5.41) is 27.0. The van der Waals surface area contributed by atoms with E-state index in [1.165, 1.54) is 19.4 Å². The van der Waals surface area contributed by atoms with Gasteiger partial charge in [0.25, 0.3) is 0 Å². The second-order valence-corrected chi connectivity index (χ2v) is 8.99. The second-order valence-electron chi connectivity index (χ2n) is 8.99. The zero-order valence-electron chi connectivity index (χ0n) is 20.5. The van der Waals surface area contributed by atoms with Gasteiger partial charge in [-0.15, -0.1) is 0 Å². The summed E-state index contributed by atoms with van der Waals surface area (Å²) >= 11 is 0. The van der Waals surface area contributed by atoms with Crippen LogP contribution in [0, 0.1) is 5.92 Å². The van der Waals surface area contributed by atoms with Crippen LogP contribution in [0.3, 0.4) is 0 Å². The van der Waals surface area contributed by atoms with Crippen LogP contribution in [0.25, 0.3) is 0 Å². The first kappa shape index (κ1) is 30.0. The van der Waals surface area contributed by atoms with Gasteiger partial charge in [-0.2, -0.15) is 0 Å². The van der Waals surface area contributed by atoms with Crippen LogP contribution in [0.5, 0.6) is 0 Å². The number of rotatable bonds is 16. The highest BCUT2D eigenvalue weighted by Gasteiger charge is 2.32. The Bertz CT molecular complexity index is 815. The molecule has 35 heavy (non-hydrogen) atoms. The van der Waals surface area contributed by atoms with E-state index in [-0.39, 0.29) is 18.8 Å². The Hall–Kier alpha value is -3.03. The molecule has 5 unspecified atom stereocenters. The van der Waals surface area contributed by atoms with Crippen molar-refractivity contribution in [3.05, 3.63) is 18.2 Å². The first-order chi connectivity index (χ1) is 16.5. The van der Waals surface area contributed by atoms with E-state index >= 15 is 0 Å². The van der Waals surface area contributed by atoms with Gasteiger partial charge in [-0.3, -0.25) is 14.4 Å². The Kier molecular flexibility index (Phi) is 12.9. The van der Waals surface area contributed by atoms with Gasteiger partial charge in [0.2, 0.25) is 17.7 Å². The Morgan fingerprint density at radius 1 is 1.03 bits per heavy atom. The summed E-state index contributed by atoms with van der Waals surface area (Å²) < 4.78 is 0. The number of aliphatic hydroxyl groups excluding tert-OH is 1. The van der Waals surface area contributed by atoms with E-state index in [0.29, 0.717) is 31.5 Å². The molecule has 1 aromatic rings. The fraction of sp³-hybridized carbons (Fsp3) is 0.682. The summed E-state index contributed by atoms with van der Waals surface area (Å²) in [4.78, 5) is 56.5. The predicted molar refractivity (Wildman–Crippen MR) is 128 cm³/mol. The lowest BCUT2D eigenvalue weighted by molar-refractivity contribution is -0.142. The molecule has 10 N–H and O–H groups in total. The highest BCUT2D eigenvalue weighted by atomic mass is 16.4. The monoisotopic (exact) mass is 497 g/mol. The van der Waals surface area contributed by atoms with Crippen molar-refractivity contribution in [3.63, 3.8) is 0 Å². The van der Waals surface area contributed by atoms with E-state index in [9.17, 15) is 29.4 Å². The summed E-state index contributed by atoms with van der Waals surface area (Å²) in [6.45, 7) is 5.46. The Labute approximate surface area is 204 Å². The maximum Gasteiger partial charge on any atom is 0.326 e. The van der Waals surface area contributed by atoms with Crippen LogP contribution >= 0.6 is 0 Å². The Morgan fingerprint density at radius 3 is 2.20 bits per heavy atom. The third-order valence-electron chi connectivity index (χ3n) is 5.30. The Morgan fingerprint density at radius 2 is 1.69 bits per heavy atom. The number of nitrogens with one attached hydrogen (secondary N) is 4. The number of H-pyrrole nitrogens is 1. The van der Waals surface area contributed by atoms with Crippen LogP contribution in [0.1, 0.15) is 52.1 Å². The number of imidazole rings is 1. The third-order valence-corrected chi connectivity index (χ3v) is 5.30. The molecule has 0 aromatic carbocycles. The van der Waals surface area contributed by atoms with Crippen molar-refractivity contribution in [1.29, 1.82) is 0 Å². The molecule has 13 nitrogen and oxygen atoms in total. The van der Waals surface area contributed by atoms with Gasteiger partial charge in [-0.25, -0.2) is 9.78 Å². The molecule has 198 valence electrons. The van der Waals surface area contributed by atoms with Crippen molar-refractivity contribution < 1.29 is 29.4 Å². The number of aromatic nitrogens is 2. The zero-order valence-corrected chi connectivity index (χ0v) is 20.5. The van der Waals surface area contributed by atoms with Crippen molar-refractivity contribution in [3.8, 4) is 0 Å². The molecule has 0 aliphatic rings. The molecular weight excluding hydrogens is 458 g/mol. The van der Waals surface area contributed by atoms with Crippen LogP contribution in [-0.2, 0) is 25.6 Å². The molecule has 0 bridgehead atoms. The maximum absolute atomic E-state index is 12.9. The first-order valence-electron chi connectivity index (χ1n) is 11.7. The fourth-order valence-electron chi connectivity index (χ4n) is 3.36. The van der Waals surface area contributed by atoms with Gasteiger partial charge >= 0.3 is 5.97 Å². The quantitative estimate of drug-likeness (QED) is 0.123. The molecule has 3 amide bonds. The average Bonchev–Trinajstić information content (AvgIpc) is 3.28. The third kappa shape index (κ3) is 10.8. The first-order valence-corrected chi connectivity index (χ1v) is 11.7.